The van der Waals surface area contributed by atoms with Crippen LogP contribution in [0.1, 0.15) is 21.5 Å². The van der Waals surface area contributed by atoms with Gasteiger partial charge in [-0.25, -0.2) is 9.97 Å². The third-order valence-electron chi connectivity index (χ3n) is 3.86. The number of ether oxygens (including phenoxy) is 1. The quantitative estimate of drug-likeness (QED) is 0.664. The molecule has 0 saturated carbocycles. The van der Waals surface area contributed by atoms with E-state index in [-0.39, 0.29) is 5.91 Å². The first-order valence-corrected chi connectivity index (χ1v) is 8.69. The van der Waals surface area contributed by atoms with Crippen LogP contribution in [0.5, 0.6) is 5.75 Å². The van der Waals surface area contributed by atoms with E-state index in [1.807, 2.05) is 25.1 Å². The van der Waals surface area contributed by atoms with Crippen LogP contribution in [0, 0.1) is 6.92 Å². The topological polar surface area (TPSA) is 76.1 Å². The number of rotatable bonds is 6. The van der Waals surface area contributed by atoms with Crippen molar-refractivity contribution < 1.29 is 9.53 Å². The van der Waals surface area contributed by atoms with Crippen LogP contribution in [-0.2, 0) is 6.54 Å². The number of amides is 1. The third kappa shape index (κ3) is 4.95. The molecule has 3 aromatic rings. The Morgan fingerprint density at radius 3 is 2.59 bits per heavy atom. The molecule has 0 fully saturated rings. The molecule has 0 atom stereocenters. The van der Waals surface area contributed by atoms with Crippen molar-refractivity contribution in [2.75, 3.05) is 17.7 Å². The van der Waals surface area contributed by atoms with Gasteiger partial charge in [-0.05, 0) is 30.7 Å². The summed E-state index contributed by atoms with van der Waals surface area (Å²) in [6.07, 6.45) is 2.96. The first kappa shape index (κ1) is 18.7. The summed E-state index contributed by atoms with van der Waals surface area (Å²) in [5.41, 5.74) is 3.24. The summed E-state index contributed by atoms with van der Waals surface area (Å²) in [5.74, 6) is 0.684. The maximum atomic E-state index is 12.3. The van der Waals surface area contributed by atoms with Crippen LogP contribution in [0.15, 0.2) is 54.9 Å². The van der Waals surface area contributed by atoms with Gasteiger partial charge < -0.3 is 15.4 Å². The van der Waals surface area contributed by atoms with Crippen molar-refractivity contribution in [3.05, 3.63) is 76.6 Å². The molecule has 1 heterocycles. The maximum Gasteiger partial charge on any atom is 0.258 e. The van der Waals surface area contributed by atoms with Crippen molar-refractivity contribution in [1.82, 2.24) is 9.97 Å². The fourth-order valence-corrected chi connectivity index (χ4v) is 2.74. The number of carbonyl (C=O) groups excluding carboxylic acids is 1. The van der Waals surface area contributed by atoms with E-state index in [0.717, 1.165) is 5.56 Å². The molecule has 3 rings (SSSR count). The molecule has 0 aliphatic heterocycles. The molecule has 0 unspecified atom stereocenters. The van der Waals surface area contributed by atoms with E-state index in [1.54, 1.807) is 18.2 Å². The number of nitrogens with zero attached hydrogens (tertiary/aromatic N) is 2. The Morgan fingerprint density at radius 2 is 1.93 bits per heavy atom. The SMILES string of the molecule is COc1ccc(NC(=O)c2cnc(NCc3cccc(C)c3)nc2)cc1Cl. The highest BCUT2D eigenvalue weighted by Gasteiger charge is 2.09. The van der Waals surface area contributed by atoms with Gasteiger partial charge in [-0.15, -0.1) is 0 Å². The lowest BCUT2D eigenvalue weighted by atomic mass is 10.1. The van der Waals surface area contributed by atoms with Crippen LogP contribution in [0.3, 0.4) is 0 Å². The fraction of sp³-hybridized carbons (Fsp3) is 0.150. The van der Waals surface area contributed by atoms with Crippen LogP contribution >= 0.6 is 11.6 Å². The lowest BCUT2D eigenvalue weighted by Crippen LogP contribution is -2.13. The lowest BCUT2D eigenvalue weighted by Gasteiger charge is -2.09. The number of anilines is 2. The number of aromatic nitrogens is 2. The minimum absolute atomic E-state index is 0.318. The summed E-state index contributed by atoms with van der Waals surface area (Å²) in [7, 11) is 1.53. The molecular formula is C20H19ClN4O2. The molecule has 2 aromatic carbocycles. The Kier molecular flexibility index (Phi) is 5.88. The molecule has 138 valence electrons. The van der Waals surface area contributed by atoms with E-state index in [9.17, 15) is 4.79 Å². The van der Waals surface area contributed by atoms with Crippen molar-refractivity contribution in [2.24, 2.45) is 0 Å². The molecule has 1 amide bonds. The fourth-order valence-electron chi connectivity index (χ4n) is 2.49. The van der Waals surface area contributed by atoms with Gasteiger partial charge >= 0.3 is 0 Å². The Hall–Kier alpha value is -3.12. The first-order chi connectivity index (χ1) is 13.0. The summed E-state index contributed by atoms with van der Waals surface area (Å²) in [5, 5.41) is 6.31. The molecule has 0 radical (unpaired) electrons. The smallest absolute Gasteiger partial charge is 0.258 e. The van der Waals surface area contributed by atoms with Gasteiger partial charge in [0.05, 0.1) is 17.7 Å². The predicted octanol–water partition coefficient (Wildman–Crippen LogP) is 4.31. The number of nitrogens with one attached hydrogen (secondary N) is 2. The molecule has 0 aliphatic rings. The zero-order chi connectivity index (χ0) is 19.2. The van der Waals surface area contributed by atoms with Crippen molar-refractivity contribution in [2.45, 2.75) is 13.5 Å². The molecule has 0 aliphatic carbocycles. The Morgan fingerprint density at radius 1 is 1.15 bits per heavy atom. The van der Waals surface area contributed by atoms with Crippen LogP contribution in [0.4, 0.5) is 11.6 Å². The molecule has 0 bridgehead atoms. The van der Waals surface area contributed by atoms with Gasteiger partial charge in [0.25, 0.3) is 5.91 Å². The van der Waals surface area contributed by atoms with Gasteiger partial charge in [-0.3, -0.25) is 4.79 Å². The number of carbonyl (C=O) groups is 1. The van der Waals surface area contributed by atoms with Crippen molar-refractivity contribution in [1.29, 1.82) is 0 Å². The molecule has 27 heavy (non-hydrogen) atoms. The zero-order valence-electron chi connectivity index (χ0n) is 15.0. The van der Waals surface area contributed by atoms with Crippen molar-refractivity contribution in [3.8, 4) is 5.75 Å². The largest absolute Gasteiger partial charge is 0.495 e. The Balaban J connectivity index is 1.60. The zero-order valence-corrected chi connectivity index (χ0v) is 15.7. The van der Waals surface area contributed by atoms with Crippen LogP contribution in [-0.4, -0.2) is 23.0 Å². The number of aryl methyl sites for hydroxylation is 1. The van der Waals surface area contributed by atoms with E-state index in [1.165, 1.54) is 25.1 Å². The van der Waals surface area contributed by atoms with Gasteiger partial charge in [-0.1, -0.05) is 41.4 Å². The van der Waals surface area contributed by atoms with Gasteiger partial charge in [0.1, 0.15) is 5.75 Å². The van der Waals surface area contributed by atoms with Crippen LogP contribution in [0.2, 0.25) is 5.02 Å². The highest BCUT2D eigenvalue weighted by Crippen LogP contribution is 2.27. The molecule has 2 N–H and O–H groups in total. The van der Waals surface area contributed by atoms with E-state index in [0.29, 0.717) is 34.5 Å². The number of benzene rings is 2. The van der Waals surface area contributed by atoms with E-state index < -0.39 is 0 Å². The summed E-state index contributed by atoms with van der Waals surface area (Å²) >= 11 is 6.07. The van der Waals surface area contributed by atoms with Crippen LogP contribution in [0.25, 0.3) is 0 Å². The molecule has 1 aromatic heterocycles. The standard InChI is InChI=1S/C20H19ClN4O2/c1-13-4-3-5-14(8-13)10-22-20-23-11-15(12-24-20)19(26)25-16-6-7-18(27-2)17(21)9-16/h3-9,11-12H,10H2,1-2H3,(H,25,26)(H,22,23,24). The molecule has 6 nitrogen and oxygen atoms in total. The average molecular weight is 383 g/mol. The monoisotopic (exact) mass is 382 g/mol. The van der Waals surface area contributed by atoms with E-state index >= 15 is 0 Å². The third-order valence-corrected chi connectivity index (χ3v) is 4.15. The first-order valence-electron chi connectivity index (χ1n) is 8.31. The van der Waals surface area contributed by atoms with Crippen molar-refractivity contribution >= 4 is 29.1 Å². The second-order valence-corrected chi connectivity index (χ2v) is 6.35. The normalized spacial score (nSPS) is 10.3. The molecule has 7 heteroatoms. The highest BCUT2D eigenvalue weighted by molar-refractivity contribution is 6.32. The summed E-state index contributed by atoms with van der Waals surface area (Å²) in [6, 6.07) is 13.2. The summed E-state index contributed by atoms with van der Waals surface area (Å²) in [6.45, 7) is 2.65. The lowest BCUT2D eigenvalue weighted by molar-refractivity contribution is 0.102. The minimum atomic E-state index is -0.318. The van der Waals surface area contributed by atoms with Gasteiger partial charge in [0, 0.05) is 24.6 Å². The number of hydrogen-bond donors (Lipinski definition) is 2. The number of hydrogen-bond acceptors (Lipinski definition) is 5. The maximum absolute atomic E-state index is 12.3. The van der Waals surface area contributed by atoms with Crippen LogP contribution < -0.4 is 15.4 Å². The predicted molar refractivity (Wildman–Crippen MR) is 106 cm³/mol. The van der Waals surface area contributed by atoms with E-state index in [4.69, 9.17) is 16.3 Å². The Labute approximate surface area is 162 Å². The van der Waals surface area contributed by atoms with Gasteiger partial charge in [-0.2, -0.15) is 0 Å². The van der Waals surface area contributed by atoms with Gasteiger partial charge in [0.15, 0.2) is 0 Å². The van der Waals surface area contributed by atoms with Crippen molar-refractivity contribution in [3.63, 3.8) is 0 Å². The average Bonchev–Trinajstić information content (AvgIpc) is 2.67. The summed E-state index contributed by atoms with van der Waals surface area (Å²) in [4.78, 5) is 20.7. The highest BCUT2D eigenvalue weighted by atomic mass is 35.5. The van der Waals surface area contributed by atoms with Gasteiger partial charge in [0.2, 0.25) is 5.95 Å². The molecule has 0 saturated heterocycles. The molecule has 0 spiro atoms. The Bertz CT molecular complexity index is 945. The number of methoxy groups -OCH3 is 1. The second-order valence-electron chi connectivity index (χ2n) is 5.94. The minimum Gasteiger partial charge on any atom is -0.495 e. The summed E-state index contributed by atoms with van der Waals surface area (Å²) < 4.78 is 5.09. The molecular weight excluding hydrogens is 364 g/mol. The number of halogens is 1. The van der Waals surface area contributed by atoms with E-state index in [2.05, 4.69) is 26.7 Å². The second kappa shape index (κ2) is 8.51.